The Labute approximate surface area is 91.0 Å². The van der Waals surface area contributed by atoms with Gasteiger partial charge in [-0.05, 0) is 31.7 Å². The van der Waals surface area contributed by atoms with Crippen LogP contribution < -0.4 is 0 Å². The van der Waals surface area contributed by atoms with Crippen LogP contribution >= 0.6 is 15.9 Å². The second-order valence-corrected chi connectivity index (χ2v) is 4.99. The third kappa shape index (κ3) is 4.46. The molecular weight excluding hydrogens is 226 g/mol. The Morgan fingerprint density at radius 2 is 2.15 bits per heavy atom. The molecule has 1 saturated carbocycles. The van der Waals surface area contributed by atoms with Crippen molar-refractivity contribution in [2.75, 3.05) is 18.4 Å². The fourth-order valence-corrected chi connectivity index (χ4v) is 1.88. The Hall–Kier alpha value is 0.440. The predicted octanol–water partition coefficient (Wildman–Crippen LogP) is 3.28. The average Bonchev–Trinajstić information content (AvgIpc) is 2.94. The van der Waals surface area contributed by atoms with Crippen molar-refractivity contribution < 1.29 is 0 Å². The quantitative estimate of drug-likeness (QED) is 0.625. The summed E-state index contributed by atoms with van der Waals surface area (Å²) in [7, 11) is 0. The molecule has 1 aliphatic carbocycles. The highest BCUT2D eigenvalue weighted by Gasteiger charge is 2.28. The van der Waals surface area contributed by atoms with Gasteiger partial charge in [-0.15, -0.1) is 0 Å². The summed E-state index contributed by atoms with van der Waals surface area (Å²) < 4.78 is 0. The molecule has 1 nitrogen and oxygen atoms in total. The first-order chi connectivity index (χ1) is 6.27. The second-order valence-electron chi connectivity index (χ2n) is 4.34. The Morgan fingerprint density at radius 1 is 1.46 bits per heavy atom. The van der Waals surface area contributed by atoms with Crippen LogP contribution in [-0.2, 0) is 0 Å². The molecule has 1 aliphatic rings. The fraction of sp³-hybridized carbons (Fsp3) is 1.00. The van der Waals surface area contributed by atoms with Crippen molar-refractivity contribution in [3.8, 4) is 0 Å². The molecule has 0 aromatic rings. The molecule has 0 heterocycles. The van der Waals surface area contributed by atoms with E-state index >= 15 is 0 Å². The van der Waals surface area contributed by atoms with Crippen LogP contribution in [0, 0.1) is 5.92 Å². The highest BCUT2D eigenvalue weighted by molar-refractivity contribution is 9.09. The third-order valence-corrected chi connectivity index (χ3v) is 3.78. The smallest absolute Gasteiger partial charge is 0.00965 e. The SMILES string of the molecule is CCCCN(CC(C)CBr)C1CC1. The maximum Gasteiger partial charge on any atom is 0.00965 e. The number of hydrogen-bond donors (Lipinski definition) is 0. The number of alkyl halides is 1. The van der Waals surface area contributed by atoms with Gasteiger partial charge in [-0.1, -0.05) is 36.2 Å². The fourth-order valence-electron chi connectivity index (χ4n) is 1.67. The van der Waals surface area contributed by atoms with Crippen LogP contribution in [0.15, 0.2) is 0 Å². The van der Waals surface area contributed by atoms with Gasteiger partial charge in [-0.2, -0.15) is 0 Å². The van der Waals surface area contributed by atoms with Crippen LogP contribution in [0.25, 0.3) is 0 Å². The van der Waals surface area contributed by atoms with E-state index in [9.17, 15) is 0 Å². The molecule has 1 unspecified atom stereocenters. The molecule has 0 aromatic heterocycles. The lowest BCUT2D eigenvalue weighted by molar-refractivity contribution is 0.233. The van der Waals surface area contributed by atoms with Gasteiger partial charge in [0.2, 0.25) is 0 Å². The summed E-state index contributed by atoms with van der Waals surface area (Å²) >= 11 is 3.55. The largest absolute Gasteiger partial charge is 0.300 e. The van der Waals surface area contributed by atoms with E-state index in [2.05, 4.69) is 34.7 Å². The van der Waals surface area contributed by atoms with E-state index in [0.717, 1.165) is 17.3 Å². The molecule has 0 aromatic carbocycles. The van der Waals surface area contributed by atoms with Gasteiger partial charge in [0.25, 0.3) is 0 Å². The highest BCUT2D eigenvalue weighted by Crippen LogP contribution is 2.27. The van der Waals surface area contributed by atoms with Crippen molar-refractivity contribution in [1.29, 1.82) is 0 Å². The van der Waals surface area contributed by atoms with Crippen LogP contribution in [0.1, 0.15) is 39.5 Å². The number of halogens is 1. The molecule has 0 bridgehead atoms. The summed E-state index contributed by atoms with van der Waals surface area (Å²) in [6, 6.07) is 0.938. The molecule has 2 heteroatoms. The molecular formula is C11H22BrN. The van der Waals surface area contributed by atoms with Crippen LogP contribution in [0.3, 0.4) is 0 Å². The predicted molar refractivity (Wildman–Crippen MR) is 62.5 cm³/mol. The van der Waals surface area contributed by atoms with Gasteiger partial charge in [0, 0.05) is 17.9 Å². The molecule has 0 aliphatic heterocycles. The van der Waals surface area contributed by atoms with E-state index in [1.54, 1.807) is 0 Å². The molecule has 1 atom stereocenters. The lowest BCUT2D eigenvalue weighted by Crippen LogP contribution is -2.32. The Bertz CT molecular complexity index is 134. The van der Waals surface area contributed by atoms with E-state index < -0.39 is 0 Å². The summed E-state index contributed by atoms with van der Waals surface area (Å²) in [5, 5.41) is 1.14. The first kappa shape index (κ1) is 11.5. The normalized spacial score (nSPS) is 19.4. The number of nitrogens with zero attached hydrogens (tertiary/aromatic N) is 1. The van der Waals surface area contributed by atoms with E-state index in [1.165, 1.54) is 38.8 Å². The molecule has 0 N–H and O–H groups in total. The van der Waals surface area contributed by atoms with Gasteiger partial charge in [0.05, 0.1) is 0 Å². The van der Waals surface area contributed by atoms with Crippen LogP contribution in [0.2, 0.25) is 0 Å². The molecule has 1 rings (SSSR count). The van der Waals surface area contributed by atoms with Crippen LogP contribution in [0.4, 0.5) is 0 Å². The van der Waals surface area contributed by atoms with Crippen molar-refractivity contribution in [3.63, 3.8) is 0 Å². The summed E-state index contributed by atoms with van der Waals surface area (Å²) in [4.78, 5) is 2.69. The zero-order chi connectivity index (χ0) is 9.68. The first-order valence-electron chi connectivity index (χ1n) is 5.58. The maximum atomic E-state index is 3.55. The summed E-state index contributed by atoms with van der Waals surface area (Å²) in [5.74, 6) is 0.803. The Kier molecular flexibility index (Phi) is 5.34. The van der Waals surface area contributed by atoms with Crippen LogP contribution in [-0.4, -0.2) is 29.4 Å². The number of unbranched alkanes of at least 4 members (excludes halogenated alkanes) is 1. The van der Waals surface area contributed by atoms with E-state index in [4.69, 9.17) is 0 Å². The van der Waals surface area contributed by atoms with Gasteiger partial charge < -0.3 is 4.90 Å². The third-order valence-electron chi connectivity index (χ3n) is 2.67. The molecule has 0 spiro atoms. The molecule has 13 heavy (non-hydrogen) atoms. The zero-order valence-corrected chi connectivity index (χ0v) is 10.5. The first-order valence-corrected chi connectivity index (χ1v) is 6.70. The number of hydrogen-bond acceptors (Lipinski definition) is 1. The maximum absolute atomic E-state index is 3.55. The number of rotatable bonds is 7. The highest BCUT2D eigenvalue weighted by atomic mass is 79.9. The summed E-state index contributed by atoms with van der Waals surface area (Å²) in [5.41, 5.74) is 0. The van der Waals surface area contributed by atoms with Crippen LogP contribution in [0.5, 0.6) is 0 Å². The minimum atomic E-state index is 0.803. The van der Waals surface area contributed by atoms with E-state index in [0.29, 0.717) is 0 Å². The minimum Gasteiger partial charge on any atom is -0.300 e. The van der Waals surface area contributed by atoms with Gasteiger partial charge in [-0.3, -0.25) is 0 Å². The van der Waals surface area contributed by atoms with Crippen molar-refractivity contribution in [2.24, 2.45) is 5.92 Å². The molecule has 78 valence electrons. The van der Waals surface area contributed by atoms with Gasteiger partial charge >= 0.3 is 0 Å². The van der Waals surface area contributed by atoms with E-state index in [-0.39, 0.29) is 0 Å². The molecule has 0 amide bonds. The lowest BCUT2D eigenvalue weighted by atomic mass is 10.2. The van der Waals surface area contributed by atoms with Gasteiger partial charge in [-0.25, -0.2) is 0 Å². The monoisotopic (exact) mass is 247 g/mol. The summed E-state index contributed by atoms with van der Waals surface area (Å²) in [6.45, 7) is 7.21. The Balaban J connectivity index is 2.20. The second kappa shape index (κ2) is 6.02. The van der Waals surface area contributed by atoms with Crippen molar-refractivity contribution >= 4 is 15.9 Å². The van der Waals surface area contributed by atoms with E-state index in [1.807, 2.05) is 0 Å². The molecule has 0 saturated heterocycles. The standard InChI is InChI=1S/C11H22BrN/c1-3-4-7-13(11-5-6-11)9-10(2)8-12/h10-11H,3-9H2,1-2H3. The van der Waals surface area contributed by atoms with Crippen molar-refractivity contribution in [2.45, 2.75) is 45.6 Å². The Morgan fingerprint density at radius 3 is 2.62 bits per heavy atom. The van der Waals surface area contributed by atoms with Crippen molar-refractivity contribution in [1.82, 2.24) is 4.90 Å². The van der Waals surface area contributed by atoms with Gasteiger partial charge in [0.15, 0.2) is 0 Å². The van der Waals surface area contributed by atoms with Crippen molar-refractivity contribution in [3.05, 3.63) is 0 Å². The molecule has 0 radical (unpaired) electrons. The zero-order valence-electron chi connectivity index (χ0n) is 8.93. The molecule has 1 fully saturated rings. The van der Waals surface area contributed by atoms with Gasteiger partial charge in [0.1, 0.15) is 0 Å². The summed E-state index contributed by atoms with van der Waals surface area (Å²) in [6.07, 6.45) is 5.58. The topological polar surface area (TPSA) is 3.24 Å². The lowest BCUT2D eigenvalue weighted by Gasteiger charge is -2.24. The minimum absolute atomic E-state index is 0.803. The average molecular weight is 248 g/mol.